The van der Waals surface area contributed by atoms with E-state index in [4.69, 9.17) is 0 Å². The molecule has 0 aliphatic heterocycles. The lowest BCUT2D eigenvalue weighted by Gasteiger charge is -2.28. The smallest absolute Gasteiger partial charge is 0.0544 e. The van der Waals surface area contributed by atoms with E-state index in [2.05, 4.69) is 200 Å². The van der Waals surface area contributed by atoms with E-state index in [0.717, 1.165) is 17.1 Å². The van der Waals surface area contributed by atoms with Crippen LogP contribution in [-0.4, -0.2) is 4.98 Å². The molecule has 0 fully saturated rings. The Labute approximate surface area is 318 Å². The minimum Gasteiger partial charge on any atom is -0.354 e. The van der Waals surface area contributed by atoms with Crippen LogP contribution >= 0.6 is 11.3 Å². The van der Waals surface area contributed by atoms with E-state index in [1.54, 1.807) is 0 Å². The normalized spacial score (nSPS) is 13.1. The van der Waals surface area contributed by atoms with E-state index in [0.29, 0.717) is 0 Å². The Morgan fingerprint density at radius 2 is 1.09 bits per heavy atom. The van der Waals surface area contributed by atoms with Crippen LogP contribution in [0.25, 0.3) is 75.4 Å². The van der Waals surface area contributed by atoms with Crippen molar-refractivity contribution in [1.29, 1.82) is 0 Å². The molecule has 0 atom stereocenters. The summed E-state index contributed by atoms with van der Waals surface area (Å²) in [5.74, 6) is 0. The molecule has 0 radical (unpaired) electrons. The van der Waals surface area contributed by atoms with Gasteiger partial charge >= 0.3 is 0 Å². The summed E-state index contributed by atoms with van der Waals surface area (Å²) in [5, 5.41) is 5.09. The zero-order chi connectivity index (χ0) is 36.0. The Kier molecular flexibility index (Phi) is 6.80. The van der Waals surface area contributed by atoms with Crippen molar-refractivity contribution >= 4 is 70.4 Å². The van der Waals surface area contributed by atoms with Crippen LogP contribution in [0.2, 0.25) is 0 Å². The fourth-order valence-electron chi connectivity index (χ4n) is 8.90. The molecule has 54 heavy (non-hydrogen) atoms. The van der Waals surface area contributed by atoms with Crippen molar-refractivity contribution in [2.75, 3.05) is 4.90 Å². The van der Waals surface area contributed by atoms with Crippen LogP contribution in [0.1, 0.15) is 25.0 Å². The number of para-hydroxylation sites is 2. The zero-order valence-corrected chi connectivity index (χ0v) is 30.9. The highest BCUT2D eigenvalue weighted by Gasteiger charge is 2.35. The molecule has 3 heteroatoms. The average Bonchev–Trinajstić information content (AvgIpc) is 3.86. The Morgan fingerprint density at radius 1 is 0.426 bits per heavy atom. The molecule has 0 saturated carbocycles. The first-order chi connectivity index (χ1) is 26.5. The first-order valence-electron chi connectivity index (χ1n) is 18.7. The number of benzene rings is 8. The fraction of sp³-hybridized carbons (Fsp3) is 0.0588. The van der Waals surface area contributed by atoms with Gasteiger partial charge in [0.05, 0.1) is 5.52 Å². The highest BCUT2D eigenvalue weighted by Crippen LogP contribution is 2.51. The van der Waals surface area contributed by atoms with E-state index in [9.17, 15) is 0 Å². The number of anilines is 3. The number of hydrogen-bond donors (Lipinski definition) is 1. The second-order valence-electron chi connectivity index (χ2n) is 15.0. The van der Waals surface area contributed by atoms with Crippen LogP contribution in [0.3, 0.4) is 0 Å². The monoisotopic (exact) mass is 708 g/mol. The number of nitrogens with zero attached hydrogens (tertiary/aromatic N) is 1. The van der Waals surface area contributed by atoms with Gasteiger partial charge in [-0.1, -0.05) is 135 Å². The van der Waals surface area contributed by atoms with Gasteiger partial charge in [-0.05, 0) is 93.5 Å². The Morgan fingerprint density at radius 3 is 1.98 bits per heavy atom. The maximum Gasteiger partial charge on any atom is 0.0544 e. The number of nitrogens with one attached hydrogen (secondary N) is 1. The number of aromatic nitrogens is 1. The molecule has 0 spiro atoms. The van der Waals surface area contributed by atoms with Gasteiger partial charge in [0.2, 0.25) is 0 Å². The lowest BCUT2D eigenvalue weighted by atomic mass is 9.82. The Hall–Kier alpha value is -6.42. The lowest BCUT2D eigenvalue weighted by molar-refractivity contribution is 0.660. The van der Waals surface area contributed by atoms with Gasteiger partial charge in [-0.2, -0.15) is 0 Å². The summed E-state index contributed by atoms with van der Waals surface area (Å²) in [6.45, 7) is 4.72. The van der Waals surface area contributed by atoms with Gasteiger partial charge < -0.3 is 9.88 Å². The highest BCUT2D eigenvalue weighted by atomic mass is 32.1. The summed E-state index contributed by atoms with van der Waals surface area (Å²) in [6, 6.07) is 64.8. The topological polar surface area (TPSA) is 19.0 Å². The molecule has 11 rings (SSSR count). The lowest BCUT2D eigenvalue weighted by Crippen LogP contribution is -2.16. The number of H-pyrrole nitrogens is 1. The largest absolute Gasteiger partial charge is 0.354 e. The van der Waals surface area contributed by atoms with Crippen LogP contribution in [0.4, 0.5) is 17.1 Å². The van der Waals surface area contributed by atoms with Gasteiger partial charge in [0, 0.05) is 64.5 Å². The maximum atomic E-state index is 3.71. The molecule has 0 amide bonds. The summed E-state index contributed by atoms with van der Waals surface area (Å²) < 4.78 is 2.59. The molecule has 256 valence electrons. The minimum absolute atomic E-state index is 0.0901. The zero-order valence-electron chi connectivity index (χ0n) is 30.1. The van der Waals surface area contributed by atoms with Crippen LogP contribution in [0, 0.1) is 0 Å². The molecule has 1 aliphatic carbocycles. The van der Waals surface area contributed by atoms with Gasteiger partial charge in [0.15, 0.2) is 0 Å². The summed E-state index contributed by atoms with van der Waals surface area (Å²) >= 11 is 1.87. The number of hydrogen-bond acceptors (Lipinski definition) is 2. The average molecular weight is 709 g/mol. The van der Waals surface area contributed by atoms with Crippen molar-refractivity contribution in [3.63, 3.8) is 0 Å². The standard InChI is InChI=1S/C51H36N2S/c1-51(2)45-17-8-6-13-39(45)40-27-24-37(31-46(40)51)53(35-22-19-33(20-23-35)32-11-4-3-5-12-32)36-25-28-48-44(30-36)42-26-21-34(29-49(42)54-48)38-15-10-16-43-41-14-7-9-18-47(41)52-50(38)43/h3-31,52H,1-2H3. The predicted octanol–water partition coefficient (Wildman–Crippen LogP) is 14.8. The van der Waals surface area contributed by atoms with Gasteiger partial charge in [-0.25, -0.2) is 0 Å². The van der Waals surface area contributed by atoms with E-state index in [1.165, 1.54) is 86.5 Å². The first-order valence-corrected chi connectivity index (χ1v) is 19.5. The van der Waals surface area contributed by atoms with Gasteiger partial charge in [0.25, 0.3) is 0 Å². The summed E-state index contributed by atoms with van der Waals surface area (Å²) in [4.78, 5) is 6.14. The third kappa shape index (κ3) is 4.72. The molecule has 2 aromatic heterocycles. The summed E-state index contributed by atoms with van der Waals surface area (Å²) in [5.41, 5.74) is 16.0. The van der Waals surface area contributed by atoms with Crippen molar-refractivity contribution in [2.45, 2.75) is 19.3 Å². The third-order valence-electron chi connectivity index (χ3n) is 11.6. The fourth-order valence-corrected chi connectivity index (χ4v) is 10.0. The van der Waals surface area contributed by atoms with Crippen LogP contribution < -0.4 is 4.90 Å². The molecule has 2 nitrogen and oxygen atoms in total. The Balaban J connectivity index is 1.05. The molecule has 8 aromatic carbocycles. The SMILES string of the molecule is CC1(C)c2ccccc2-c2ccc(N(c3ccc(-c4ccccc4)cc3)c3ccc4sc5cc(-c6cccc7c6[nH]c6ccccc67)ccc5c4c3)cc21. The van der Waals surface area contributed by atoms with E-state index in [-0.39, 0.29) is 5.41 Å². The van der Waals surface area contributed by atoms with Crippen molar-refractivity contribution in [3.8, 4) is 33.4 Å². The second kappa shape index (κ2) is 11.8. The molecule has 1 aliphatic rings. The van der Waals surface area contributed by atoms with Gasteiger partial charge in [-0.15, -0.1) is 11.3 Å². The minimum atomic E-state index is -0.0901. The van der Waals surface area contributed by atoms with Gasteiger partial charge in [-0.3, -0.25) is 0 Å². The van der Waals surface area contributed by atoms with Crippen LogP contribution in [-0.2, 0) is 5.41 Å². The number of fused-ring (bicyclic) bond motifs is 9. The first kappa shape index (κ1) is 31.1. The van der Waals surface area contributed by atoms with Crippen LogP contribution in [0.5, 0.6) is 0 Å². The Bertz CT molecular complexity index is 3070. The quantitative estimate of drug-likeness (QED) is 0.189. The van der Waals surface area contributed by atoms with Crippen LogP contribution in [0.15, 0.2) is 176 Å². The third-order valence-corrected chi connectivity index (χ3v) is 12.8. The van der Waals surface area contributed by atoms with E-state index in [1.807, 2.05) is 11.3 Å². The maximum absolute atomic E-state index is 3.71. The van der Waals surface area contributed by atoms with Crippen molar-refractivity contribution < 1.29 is 0 Å². The molecule has 0 bridgehead atoms. The molecule has 2 heterocycles. The number of aromatic amines is 1. The van der Waals surface area contributed by atoms with Crippen molar-refractivity contribution in [1.82, 2.24) is 4.98 Å². The summed E-state index contributed by atoms with van der Waals surface area (Å²) in [6.07, 6.45) is 0. The molecule has 0 unspecified atom stereocenters. The summed E-state index contributed by atoms with van der Waals surface area (Å²) in [7, 11) is 0. The molecular formula is C51H36N2S. The molecule has 1 N–H and O–H groups in total. The molecule has 0 saturated heterocycles. The number of rotatable bonds is 5. The molecular weight excluding hydrogens is 673 g/mol. The van der Waals surface area contributed by atoms with Gasteiger partial charge in [0.1, 0.15) is 0 Å². The predicted molar refractivity (Wildman–Crippen MR) is 232 cm³/mol. The van der Waals surface area contributed by atoms with Crippen molar-refractivity contribution in [2.24, 2.45) is 0 Å². The number of thiophene rings is 1. The second-order valence-corrected chi connectivity index (χ2v) is 16.1. The van der Waals surface area contributed by atoms with Crippen molar-refractivity contribution in [3.05, 3.63) is 187 Å². The van der Waals surface area contributed by atoms with E-state index < -0.39 is 0 Å². The highest BCUT2D eigenvalue weighted by molar-refractivity contribution is 7.25. The molecule has 10 aromatic rings. The van der Waals surface area contributed by atoms with E-state index >= 15 is 0 Å².